The van der Waals surface area contributed by atoms with Gasteiger partial charge in [-0.05, 0) is 87.1 Å². The summed E-state index contributed by atoms with van der Waals surface area (Å²) in [7, 11) is 3.52. The van der Waals surface area contributed by atoms with E-state index in [1.807, 2.05) is 58.3 Å². The number of ether oxygens (including phenoxy) is 1. The molecule has 0 saturated heterocycles. The first-order valence-electron chi connectivity index (χ1n) is 14.4. The van der Waals surface area contributed by atoms with Crippen molar-refractivity contribution in [2.75, 3.05) is 33.7 Å². The molecule has 0 unspecified atom stereocenters. The zero-order valence-electron chi connectivity index (χ0n) is 25.6. The van der Waals surface area contributed by atoms with Crippen LogP contribution in [0.5, 0.6) is 0 Å². The van der Waals surface area contributed by atoms with Gasteiger partial charge in [0.1, 0.15) is 11.1 Å². The minimum Gasteiger partial charge on any atom is -0.444 e. The van der Waals surface area contributed by atoms with E-state index >= 15 is 0 Å². The lowest BCUT2D eigenvalue weighted by Gasteiger charge is -2.30. The third kappa shape index (κ3) is 6.31. The summed E-state index contributed by atoms with van der Waals surface area (Å²) in [5.74, 6) is -0.0107. The van der Waals surface area contributed by atoms with Crippen LogP contribution in [0.4, 0.5) is 4.79 Å². The fourth-order valence-electron chi connectivity index (χ4n) is 5.45. The van der Waals surface area contributed by atoms with E-state index in [9.17, 15) is 9.59 Å². The van der Waals surface area contributed by atoms with Crippen molar-refractivity contribution in [1.29, 1.82) is 0 Å². The number of amides is 2. The van der Waals surface area contributed by atoms with Crippen LogP contribution in [0.3, 0.4) is 0 Å². The molecule has 0 bridgehead atoms. The highest BCUT2D eigenvalue weighted by molar-refractivity contribution is 5.97. The molecule has 0 fully saturated rings. The number of alkyl carbamates (subject to hydrolysis) is 1. The third-order valence-corrected chi connectivity index (χ3v) is 7.59. The fraction of sp³-hybridized carbons (Fsp3) is 0.394. The topological polar surface area (TPSA) is 103 Å². The van der Waals surface area contributed by atoms with Crippen LogP contribution in [-0.4, -0.2) is 76.1 Å². The summed E-state index contributed by atoms with van der Waals surface area (Å²) in [6.07, 6.45) is 4.31. The Hall–Kier alpha value is -4.24. The molecule has 9 heteroatoms. The number of hydrogen-bond acceptors (Lipinski definition) is 6. The van der Waals surface area contributed by atoms with Gasteiger partial charge < -0.3 is 19.9 Å². The van der Waals surface area contributed by atoms with E-state index < -0.39 is 5.60 Å². The van der Waals surface area contributed by atoms with Crippen molar-refractivity contribution in [3.8, 4) is 22.4 Å². The number of benzene rings is 2. The number of hydrogen-bond donors (Lipinski definition) is 2. The number of aromatic amines is 1. The molecule has 5 rings (SSSR count). The quantitative estimate of drug-likeness (QED) is 0.319. The smallest absolute Gasteiger partial charge is 0.407 e. The fourth-order valence-corrected chi connectivity index (χ4v) is 5.45. The molecule has 2 aromatic heterocycles. The Morgan fingerprint density at radius 1 is 1.10 bits per heavy atom. The summed E-state index contributed by atoms with van der Waals surface area (Å²) >= 11 is 0. The molecule has 42 heavy (non-hydrogen) atoms. The molecule has 1 aliphatic rings. The molecular formula is C33H40N6O3. The Morgan fingerprint density at radius 3 is 2.57 bits per heavy atom. The van der Waals surface area contributed by atoms with Crippen LogP contribution in [0.1, 0.15) is 53.4 Å². The monoisotopic (exact) mass is 568 g/mol. The molecule has 2 N–H and O–H groups in total. The molecule has 0 spiro atoms. The van der Waals surface area contributed by atoms with Crippen LogP contribution in [0.25, 0.3) is 33.5 Å². The second-order valence-electron chi connectivity index (χ2n) is 12.3. The van der Waals surface area contributed by atoms with Crippen LogP contribution < -0.4 is 5.32 Å². The highest BCUT2D eigenvalue weighted by Crippen LogP contribution is 2.32. The number of aromatic nitrogens is 3. The second kappa shape index (κ2) is 11.6. The molecule has 4 aromatic rings. The van der Waals surface area contributed by atoms with Gasteiger partial charge in [-0.15, -0.1) is 0 Å². The van der Waals surface area contributed by atoms with Gasteiger partial charge in [0, 0.05) is 63.2 Å². The molecule has 2 aromatic carbocycles. The van der Waals surface area contributed by atoms with E-state index in [1.54, 1.807) is 19.0 Å². The summed E-state index contributed by atoms with van der Waals surface area (Å²) in [5.41, 5.74) is 10.4. The highest BCUT2D eigenvalue weighted by Gasteiger charge is 2.21. The van der Waals surface area contributed by atoms with Crippen LogP contribution in [0, 0.1) is 13.8 Å². The number of nitrogens with one attached hydrogen (secondary N) is 2. The largest absolute Gasteiger partial charge is 0.444 e. The van der Waals surface area contributed by atoms with Gasteiger partial charge in [0.2, 0.25) is 0 Å². The Balaban J connectivity index is 1.34. The summed E-state index contributed by atoms with van der Waals surface area (Å²) < 4.78 is 5.34. The van der Waals surface area contributed by atoms with Crippen molar-refractivity contribution >= 4 is 23.2 Å². The SMILES string of the molecule is Cc1cc(-c2c[nH]c3ncc(-c4cc(C)c5c(c4)CCN(CCNC(=O)OC(C)(C)C)C5)nc23)ccc1C(=O)N(C)C. The number of carbonyl (C=O) groups excluding carboxylic acids is 2. The highest BCUT2D eigenvalue weighted by atomic mass is 16.6. The van der Waals surface area contributed by atoms with Gasteiger partial charge >= 0.3 is 6.09 Å². The van der Waals surface area contributed by atoms with E-state index in [0.717, 1.165) is 65.2 Å². The molecule has 0 aliphatic carbocycles. The third-order valence-electron chi connectivity index (χ3n) is 7.59. The van der Waals surface area contributed by atoms with E-state index in [-0.39, 0.29) is 12.0 Å². The lowest BCUT2D eigenvalue weighted by molar-refractivity contribution is 0.0521. The molecular weight excluding hydrogens is 528 g/mol. The first-order valence-corrected chi connectivity index (χ1v) is 14.4. The van der Waals surface area contributed by atoms with Gasteiger partial charge in [0.25, 0.3) is 5.91 Å². The van der Waals surface area contributed by atoms with Crippen molar-refractivity contribution < 1.29 is 14.3 Å². The summed E-state index contributed by atoms with van der Waals surface area (Å²) in [4.78, 5) is 41.4. The zero-order valence-corrected chi connectivity index (χ0v) is 25.6. The molecule has 0 atom stereocenters. The lowest BCUT2D eigenvalue weighted by Crippen LogP contribution is -2.39. The minimum atomic E-state index is -0.501. The van der Waals surface area contributed by atoms with Crippen LogP contribution >= 0.6 is 0 Å². The van der Waals surface area contributed by atoms with Gasteiger partial charge in [-0.3, -0.25) is 9.69 Å². The van der Waals surface area contributed by atoms with E-state index in [2.05, 4.69) is 39.2 Å². The van der Waals surface area contributed by atoms with Gasteiger partial charge in [-0.25, -0.2) is 14.8 Å². The zero-order chi connectivity index (χ0) is 30.2. The van der Waals surface area contributed by atoms with Crippen molar-refractivity contribution in [2.45, 2.75) is 53.2 Å². The number of carbonyl (C=O) groups is 2. The Bertz CT molecular complexity index is 1650. The summed E-state index contributed by atoms with van der Waals surface area (Å²) in [6, 6.07) is 10.3. The molecule has 1 aliphatic heterocycles. The van der Waals surface area contributed by atoms with Gasteiger partial charge in [0.05, 0.1) is 11.9 Å². The Labute approximate surface area is 247 Å². The molecule has 0 saturated carbocycles. The lowest BCUT2D eigenvalue weighted by atomic mass is 9.92. The van der Waals surface area contributed by atoms with E-state index in [4.69, 9.17) is 9.72 Å². The average molecular weight is 569 g/mol. The maximum absolute atomic E-state index is 12.5. The number of fused-ring (bicyclic) bond motifs is 2. The number of H-pyrrole nitrogens is 1. The van der Waals surface area contributed by atoms with Gasteiger partial charge in [-0.2, -0.15) is 0 Å². The van der Waals surface area contributed by atoms with Gasteiger partial charge in [-0.1, -0.05) is 12.1 Å². The standard InChI is InChI=1S/C33H40N6O3/c1-20-14-22(8-9-25(20)31(40)38(6)7)26-17-35-30-29(26)37-28(18-36-30)24-15-21(2)27-19-39(12-10-23(27)16-24)13-11-34-32(41)42-33(3,4)5/h8-9,14-18H,10-13,19H2,1-7H3,(H,34,41)(H,35,36). The Morgan fingerprint density at radius 2 is 1.86 bits per heavy atom. The minimum absolute atomic E-state index is 0.0107. The predicted molar refractivity (Wildman–Crippen MR) is 165 cm³/mol. The number of nitrogens with zero attached hydrogens (tertiary/aromatic N) is 4. The van der Waals surface area contributed by atoms with Crippen molar-refractivity contribution in [1.82, 2.24) is 30.1 Å². The maximum atomic E-state index is 12.5. The van der Waals surface area contributed by atoms with Crippen LogP contribution in [0.2, 0.25) is 0 Å². The first-order chi connectivity index (χ1) is 19.9. The number of aryl methyl sites for hydroxylation is 2. The van der Waals surface area contributed by atoms with Crippen LogP contribution in [-0.2, 0) is 17.7 Å². The van der Waals surface area contributed by atoms with Crippen molar-refractivity contribution in [2.24, 2.45) is 0 Å². The van der Waals surface area contributed by atoms with Crippen molar-refractivity contribution in [3.05, 3.63) is 70.5 Å². The number of rotatable bonds is 6. The molecule has 3 heterocycles. The van der Waals surface area contributed by atoms with Crippen LogP contribution in [0.15, 0.2) is 42.7 Å². The normalized spacial score (nSPS) is 13.6. The maximum Gasteiger partial charge on any atom is 0.407 e. The summed E-state index contributed by atoms with van der Waals surface area (Å²) in [5, 5.41) is 2.86. The van der Waals surface area contributed by atoms with Crippen molar-refractivity contribution in [3.63, 3.8) is 0 Å². The molecule has 2 amide bonds. The first kappa shape index (κ1) is 29.3. The van der Waals surface area contributed by atoms with Gasteiger partial charge in [0.15, 0.2) is 5.65 Å². The summed E-state index contributed by atoms with van der Waals surface area (Å²) in [6.45, 7) is 12.8. The molecule has 0 radical (unpaired) electrons. The van der Waals surface area contributed by atoms with E-state index in [0.29, 0.717) is 12.1 Å². The molecule has 220 valence electrons. The molecule has 9 nitrogen and oxygen atoms in total. The Kier molecular flexibility index (Phi) is 8.06. The van der Waals surface area contributed by atoms with E-state index in [1.165, 1.54) is 16.7 Å². The second-order valence-corrected chi connectivity index (χ2v) is 12.3. The average Bonchev–Trinajstić information content (AvgIpc) is 3.35. The predicted octanol–water partition coefficient (Wildman–Crippen LogP) is 5.49.